The molecule has 1 aliphatic rings. The van der Waals surface area contributed by atoms with E-state index < -0.39 is 11.7 Å². The molecule has 0 radical (unpaired) electrons. The van der Waals surface area contributed by atoms with Crippen molar-refractivity contribution in [2.24, 2.45) is 5.92 Å². The number of carbonyl (C=O) groups is 2. The van der Waals surface area contributed by atoms with Gasteiger partial charge in [-0.2, -0.15) is 0 Å². The first-order chi connectivity index (χ1) is 11.9. The van der Waals surface area contributed by atoms with E-state index in [4.69, 9.17) is 0 Å². The summed E-state index contributed by atoms with van der Waals surface area (Å²) in [5, 5.41) is 3.20. The van der Waals surface area contributed by atoms with Crippen LogP contribution in [0.4, 0.5) is 9.52 Å². The molecule has 1 aliphatic heterocycles. The SMILES string of the molecule is CC(C)CC(=O)N1CCc2nc(NC(=O)c3cccc(F)c3)sc2C1. The summed E-state index contributed by atoms with van der Waals surface area (Å²) in [6.07, 6.45) is 1.23. The molecule has 5 nitrogen and oxygen atoms in total. The second kappa shape index (κ2) is 7.31. The molecule has 1 N–H and O–H groups in total. The zero-order valence-electron chi connectivity index (χ0n) is 14.2. The number of hydrogen-bond donors (Lipinski definition) is 1. The van der Waals surface area contributed by atoms with Crippen molar-refractivity contribution in [2.45, 2.75) is 33.2 Å². The first kappa shape index (κ1) is 17.5. The van der Waals surface area contributed by atoms with Crippen LogP contribution in [0.3, 0.4) is 0 Å². The molecule has 2 heterocycles. The Morgan fingerprint density at radius 2 is 2.20 bits per heavy atom. The Morgan fingerprint density at radius 1 is 1.40 bits per heavy atom. The fourth-order valence-corrected chi connectivity index (χ4v) is 3.76. The zero-order valence-corrected chi connectivity index (χ0v) is 15.0. The van der Waals surface area contributed by atoms with Gasteiger partial charge in [-0.15, -0.1) is 0 Å². The van der Waals surface area contributed by atoms with Crippen LogP contribution in [-0.2, 0) is 17.8 Å². The topological polar surface area (TPSA) is 62.3 Å². The number of nitrogens with one attached hydrogen (secondary N) is 1. The largest absolute Gasteiger partial charge is 0.337 e. The molecule has 0 fully saturated rings. The third-order valence-electron chi connectivity index (χ3n) is 3.97. The Morgan fingerprint density at radius 3 is 2.92 bits per heavy atom. The van der Waals surface area contributed by atoms with Gasteiger partial charge < -0.3 is 4.90 Å². The first-order valence-electron chi connectivity index (χ1n) is 8.25. The van der Waals surface area contributed by atoms with Gasteiger partial charge >= 0.3 is 0 Å². The highest BCUT2D eigenvalue weighted by molar-refractivity contribution is 7.15. The van der Waals surface area contributed by atoms with Crippen molar-refractivity contribution in [1.82, 2.24) is 9.88 Å². The number of nitrogens with zero attached hydrogens (tertiary/aromatic N) is 2. The average Bonchev–Trinajstić information content (AvgIpc) is 2.95. The third-order valence-corrected chi connectivity index (χ3v) is 4.97. The van der Waals surface area contributed by atoms with Crippen LogP contribution in [0.5, 0.6) is 0 Å². The lowest BCUT2D eigenvalue weighted by Crippen LogP contribution is -2.36. The van der Waals surface area contributed by atoms with Gasteiger partial charge in [-0.1, -0.05) is 31.3 Å². The van der Waals surface area contributed by atoms with Crippen molar-refractivity contribution in [3.63, 3.8) is 0 Å². The molecule has 0 saturated carbocycles. The van der Waals surface area contributed by atoms with Crippen LogP contribution in [0.1, 0.15) is 41.2 Å². The summed E-state index contributed by atoms with van der Waals surface area (Å²) in [7, 11) is 0. The van der Waals surface area contributed by atoms with E-state index in [0.717, 1.165) is 10.6 Å². The number of benzene rings is 1. The highest BCUT2D eigenvalue weighted by Gasteiger charge is 2.25. The first-order valence-corrected chi connectivity index (χ1v) is 9.07. The number of anilines is 1. The summed E-state index contributed by atoms with van der Waals surface area (Å²) in [6.45, 7) is 5.24. The minimum Gasteiger partial charge on any atom is -0.337 e. The summed E-state index contributed by atoms with van der Waals surface area (Å²) in [5.41, 5.74) is 1.18. The van der Waals surface area contributed by atoms with Gasteiger partial charge in [-0.05, 0) is 24.1 Å². The van der Waals surface area contributed by atoms with Crippen molar-refractivity contribution in [1.29, 1.82) is 0 Å². The van der Waals surface area contributed by atoms with Gasteiger partial charge in [0, 0.05) is 29.8 Å². The zero-order chi connectivity index (χ0) is 18.0. The predicted molar refractivity (Wildman–Crippen MR) is 95.0 cm³/mol. The van der Waals surface area contributed by atoms with Crippen LogP contribution in [0.25, 0.3) is 0 Å². The van der Waals surface area contributed by atoms with Gasteiger partial charge in [0.2, 0.25) is 5.91 Å². The summed E-state index contributed by atoms with van der Waals surface area (Å²) in [5.74, 6) is -0.361. The van der Waals surface area contributed by atoms with E-state index in [2.05, 4.69) is 10.3 Å². The molecule has 0 unspecified atom stereocenters. The molecule has 0 spiro atoms. The number of aromatic nitrogens is 1. The van der Waals surface area contributed by atoms with Gasteiger partial charge in [0.15, 0.2) is 5.13 Å². The lowest BCUT2D eigenvalue weighted by Gasteiger charge is -2.26. The lowest BCUT2D eigenvalue weighted by molar-refractivity contribution is -0.132. The molecule has 132 valence electrons. The molecule has 1 aromatic carbocycles. The van der Waals surface area contributed by atoms with Crippen molar-refractivity contribution in [3.05, 3.63) is 46.2 Å². The maximum atomic E-state index is 13.2. The normalized spacial score (nSPS) is 13.7. The van der Waals surface area contributed by atoms with Crippen LogP contribution < -0.4 is 5.32 Å². The standard InChI is InChI=1S/C18H20FN3O2S/c1-11(2)8-16(23)22-7-6-14-15(10-22)25-18(20-14)21-17(24)12-4-3-5-13(19)9-12/h3-5,9,11H,6-8,10H2,1-2H3,(H,20,21,24). The van der Waals surface area contributed by atoms with Crippen molar-refractivity contribution in [2.75, 3.05) is 11.9 Å². The molecule has 7 heteroatoms. The van der Waals surface area contributed by atoms with Crippen LogP contribution >= 0.6 is 11.3 Å². The van der Waals surface area contributed by atoms with Crippen LogP contribution in [0.15, 0.2) is 24.3 Å². The average molecular weight is 361 g/mol. The van der Waals surface area contributed by atoms with E-state index in [9.17, 15) is 14.0 Å². The minimum absolute atomic E-state index is 0.152. The van der Waals surface area contributed by atoms with Crippen molar-refractivity contribution in [3.8, 4) is 0 Å². The van der Waals surface area contributed by atoms with Crippen molar-refractivity contribution < 1.29 is 14.0 Å². The van der Waals surface area contributed by atoms with E-state index in [0.29, 0.717) is 37.0 Å². The summed E-state index contributed by atoms with van der Waals surface area (Å²) in [6, 6.07) is 5.53. The predicted octanol–water partition coefficient (Wildman–Crippen LogP) is 3.47. The van der Waals surface area contributed by atoms with Gasteiger partial charge in [0.1, 0.15) is 5.82 Å². The molecule has 0 aliphatic carbocycles. The van der Waals surface area contributed by atoms with E-state index in [-0.39, 0.29) is 11.5 Å². The lowest BCUT2D eigenvalue weighted by atomic mass is 10.1. The maximum Gasteiger partial charge on any atom is 0.257 e. The second-order valence-electron chi connectivity index (χ2n) is 6.52. The molecule has 1 aromatic heterocycles. The molecular formula is C18H20FN3O2S. The number of thiazole rings is 1. The molecule has 0 bridgehead atoms. The van der Waals surface area contributed by atoms with Gasteiger partial charge in [-0.25, -0.2) is 9.37 Å². The Bertz CT molecular complexity index is 803. The Hall–Kier alpha value is -2.28. The summed E-state index contributed by atoms with van der Waals surface area (Å²) >= 11 is 1.37. The smallest absolute Gasteiger partial charge is 0.257 e. The van der Waals surface area contributed by atoms with E-state index in [1.54, 1.807) is 6.07 Å². The number of amides is 2. The highest BCUT2D eigenvalue weighted by Crippen LogP contribution is 2.29. The van der Waals surface area contributed by atoms with Gasteiger partial charge in [0.25, 0.3) is 5.91 Å². The Labute approximate surface area is 149 Å². The number of halogens is 1. The molecule has 0 atom stereocenters. The summed E-state index contributed by atoms with van der Waals surface area (Å²) in [4.78, 5) is 31.7. The highest BCUT2D eigenvalue weighted by atomic mass is 32.1. The molecule has 2 amide bonds. The second-order valence-corrected chi connectivity index (χ2v) is 7.60. The Balaban J connectivity index is 1.68. The molecular weight excluding hydrogens is 341 g/mol. The Kier molecular flexibility index (Phi) is 5.13. The number of carbonyl (C=O) groups excluding carboxylic acids is 2. The van der Waals surface area contributed by atoms with Gasteiger partial charge in [0.05, 0.1) is 12.2 Å². The minimum atomic E-state index is -0.453. The van der Waals surface area contributed by atoms with Crippen LogP contribution in [-0.4, -0.2) is 28.2 Å². The van der Waals surface area contributed by atoms with E-state index >= 15 is 0 Å². The fraction of sp³-hybridized carbons (Fsp3) is 0.389. The van der Waals surface area contributed by atoms with Crippen molar-refractivity contribution >= 4 is 28.3 Å². The number of fused-ring (bicyclic) bond motifs is 1. The number of hydrogen-bond acceptors (Lipinski definition) is 4. The van der Waals surface area contributed by atoms with Gasteiger partial charge in [-0.3, -0.25) is 14.9 Å². The monoisotopic (exact) mass is 361 g/mol. The van der Waals surface area contributed by atoms with Crippen LogP contribution in [0.2, 0.25) is 0 Å². The molecule has 0 saturated heterocycles. The number of rotatable bonds is 4. The van der Waals surface area contributed by atoms with Crippen LogP contribution in [0, 0.1) is 11.7 Å². The fourth-order valence-electron chi connectivity index (χ4n) is 2.74. The summed E-state index contributed by atoms with van der Waals surface area (Å²) < 4.78 is 13.2. The molecule has 2 aromatic rings. The van der Waals surface area contributed by atoms with E-state index in [1.165, 1.54) is 29.5 Å². The quantitative estimate of drug-likeness (QED) is 0.907. The molecule has 25 heavy (non-hydrogen) atoms. The maximum absolute atomic E-state index is 13.2. The third kappa shape index (κ3) is 4.22. The van der Waals surface area contributed by atoms with E-state index in [1.807, 2.05) is 18.7 Å². The molecule has 3 rings (SSSR count).